The molecule has 2 heterocycles. The van der Waals surface area contributed by atoms with Gasteiger partial charge in [0.1, 0.15) is 0 Å². The van der Waals surface area contributed by atoms with Crippen molar-refractivity contribution in [3.63, 3.8) is 0 Å². The van der Waals surface area contributed by atoms with Crippen LogP contribution >= 0.6 is 0 Å². The van der Waals surface area contributed by atoms with Crippen LogP contribution in [0.5, 0.6) is 0 Å². The van der Waals surface area contributed by atoms with Crippen molar-refractivity contribution >= 4 is 14.3 Å². The molecule has 0 aliphatic carbocycles. The first-order valence-electron chi connectivity index (χ1n) is 6.87. The Kier molecular flexibility index (Phi) is 4.00. The van der Waals surface area contributed by atoms with E-state index in [0.29, 0.717) is 5.92 Å². The predicted molar refractivity (Wildman–Crippen MR) is 80.6 cm³/mol. The van der Waals surface area contributed by atoms with Gasteiger partial charge in [-0.1, -0.05) is 30.3 Å². The number of piperidine rings is 1. The van der Waals surface area contributed by atoms with Crippen LogP contribution in [0.25, 0.3) is 0 Å². The van der Waals surface area contributed by atoms with Gasteiger partial charge in [0.25, 0.3) is 0 Å². The third-order valence-corrected chi connectivity index (χ3v) is 4.83. The van der Waals surface area contributed by atoms with Crippen LogP contribution in [0.15, 0.2) is 30.3 Å². The molecule has 2 aliphatic rings. The summed E-state index contributed by atoms with van der Waals surface area (Å²) in [5.41, 5.74) is 6.90. The molecule has 2 unspecified atom stereocenters. The summed E-state index contributed by atoms with van der Waals surface area (Å²) < 4.78 is 1.12. The molecule has 1 amide bonds. The monoisotopic (exact) mass is 259 g/mol. The fraction of sp³-hybridized carbons (Fsp3) is 0.533. The lowest BCUT2D eigenvalue weighted by atomic mass is 9.92. The summed E-state index contributed by atoms with van der Waals surface area (Å²) in [6, 6.07) is 10.6. The molecule has 0 radical (unpaired) electrons. The van der Waals surface area contributed by atoms with Crippen molar-refractivity contribution < 1.29 is 9.28 Å². The van der Waals surface area contributed by atoms with E-state index in [4.69, 9.17) is 5.73 Å². The zero-order valence-corrected chi connectivity index (χ0v) is 10.7. The second-order valence-corrected chi connectivity index (χ2v) is 5.95. The average Bonchev–Trinajstić information content (AvgIpc) is 2.96. The van der Waals surface area contributed by atoms with Crippen molar-refractivity contribution in [3.05, 3.63) is 35.9 Å². The van der Waals surface area contributed by atoms with Gasteiger partial charge >= 0.3 is 0 Å². The van der Waals surface area contributed by atoms with Gasteiger partial charge in [-0.2, -0.15) is 0 Å². The predicted octanol–water partition coefficient (Wildman–Crippen LogP) is -0.00300. The van der Waals surface area contributed by atoms with Crippen molar-refractivity contribution in [2.45, 2.75) is 12.8 Å². The number of rotatable bonds is 4. The molecular weight excluding hydrogens is 235 g/mol. The summed E-state index contributed by atoms with van der Waals surface area (Å²) in [6.07, 6.45) is 2.29. The zero-order chi connectivity index (χ0) is 12.6. The molecule has 3 atom stereocenters. The van der Waals surface area contributed by atoms with Gasteiger partial charge < -0.3 is 10.2 Å². The Morgan fingerprint density at radius 2 is 2.00 bits per heavy atom. The number of hydrogen-bond donors (Lipinski definition) is 1. The fourth-order valence-electron chi connectivity index (χ4n) is 3.81. The summed E-state index contributed by atoms with van der Waals surface area (Å²) in [5, 5.41) is 0. The van der Waals surface area contributed by atoms with E-state index in [1.807, 2.05) is 0 Å². The number of quaternary nitrogens is 1. The maximum absolute atomic E-state index is 11.4. The number of carbonyl (C=O) groups is 1. The molecule has 1 aromatic rings. The van der Waals surface area contributed by atoms with E-state index in [1.54, 1.807) is 0 Å². The van der Waals surface area contributed by atoms with Gasteiger partial charge in [0.15, 0.2) is 0 Å². The molecule has 0 aromatic heterocycles. The van der Waals surface area contributed by atoms with Crippen LogP contribution < -0.4 is 5.73 Å². The van der Waals surface area contributed by atoms with E-state index in [1.165, 1.54) is 25.1 Å². The molecule has 102 valence electrons. The second-order valence-electron chi connectivity index (χ2n) is 5.95. The minimum Gasteiger partial charge on any atom is -0.369 e. The molecule has 4 heteroatoms. The van der Waals surface area contributed by atoms with Crippen LogP contribution in [0, 0.1) is 11.8 Å². The molecular formula is C15H24BN2O+. The minimum atomic E-state index is -0.0839. The van der Waals surface area contributed by atoms with Gasteiger partial charge in [0, 0.05) is 18.8 Å². The summed E-state index contributed by atoms with van der Waals surface area (Å²) in [6.45, 7) is 4.54. The number of carbonyl (C=O) groups excluding carboxylic acids is 1. The van der Waals surface area contributed by atoms with Gasteiger partial charge in [-0.15, -0.1) is 0 Å². The Bertz CT molecular complexity index is 451. The van der Waals surface area contributed by atoms with Crippen LogP contribution in [0.4, 0.5) is 0 Å². The van der Waals surface area contributed by atoms with Gasteiger partial charge in [-0.3, -0.25) is 4.79 Å². The minimum absolute atomic E-state index is 0. The third-order valence-electron chi connectivity index (χ3n) is 4.83. The lowest BCUT2D eigenvalue weighted by Crippen LogP contribution is -2.48. The molecule has 2 N–H and O–H groups in total. The standard InChI is InChI=1S/C15H20N2O.BH3/c16-15(18)14-11-17(9-7-13(14)10-17)8-6-12-4-2-1-3-5-12;/h1-5,13-14H,6-11H2,(H-,16,18);1H3/p+1/t13?,14?,17-;/m0./s1. The first-order chi connectivity index (χ1) is 8.69. The number of benzene rings is 1. The highest BCUT2D eigenvalue weighted by Gasteiger charge is 2.52. The van der Waals surface area contributed by atoms with E-state index in [-0.39, 0.29) is 20.2 Å². The highest BCUT2D eigenvalue weighted by molar-refractivity contribution is 5.77. The molecule has 2 fully saturated rings. The smallest absolute Gasteiger partial charge is 0.226 e. The van der Waals surface area contributed by atoms with Crippen molar-refractivity contribution in [1.82, 2.24) is 0 Å². The number of amides is 1. The van der Waals surface area contributed by atoms with Crippen LogP contribution in [-0.4, -0.2) is 45.0 Å². The largest absolute Gasteiger partial charge is 0.369 e. The normalized spacial score (nSPS) is 32.0. The first kappa shape index (κ1) is 14.1. The number of hydrogen-bond acceptors (Lipinski definition) is 1. The Morgan fingerprint density at radius 1 is 1.26 bits per heavy atom. The summed E-state index contributed by atoms with van der Waals surface area (Å²) in [5.74, 6) is 0.604. The van der Waals surface area contributed by atoms with E-state index < -0.39 is 0 Å². The summed E-state index contributed by atoms with van der Waals surface area (Å²) in [4.78, 5) is 11.4. The fourth-order valence-corrected chi connectivity index (χ4v) is 3.81. The highest BCUT2D eigenvalue weighted by Crippen LogP contribution is 2.39. The topological polar surface area (TPSA) is 43.1 Å². The molecule has 2 bridgehead atoms. The Hall–Kier alpha value is -1.29. The molecule has 3 nitrogen and oxygen atoms in total. The second kappa shape index (κ2) is 5.37. The number of nitrogens with zero attached hydrogens (tertiary/aromatic N) is 1. The lowest BCUT2D eigenvalue weighted by Gasteiger charge is -2.33. The highest BCUT2D eigenvalue weighted by atomic mass is 16.1. The number of primary amides is 1. The van der Waals surface area contributed by atoms with Crippen molar-refractivity contribution in [1.29, 1.82) is 0 Å². The first-order valence-corrected chi connectivity index (χ1v) is 6.87. The molecule has 0 spiro atoms. The van der Waals surface area contributed by atoms with Crippen LogP contribution in [0.1, 0.15) is 12.0 Å². The van der Waals surface area contributed by atoms with E-state index in [9.17, 15) is 4.79 Å². The number of nitrogens with two attached hydrogens (primary N) is 1. The zero-order valence-electron chi connectivity index (χ0n) is 10.7. The molecule has 2 aliphatic heterocycles. The molecule has 0 saturated carbocycles. The molecule has 2 saturated heterocycles. The molecule has 19 heavy (non-hydrogen) atoms. The van der Waals surface area contributed by atoms with Crippen LogP contribution in [0.3, 0.4) is 0 Å². The van der Waals surface area contributed by atoms with Gasteiger partial charge in [-0.05, 0) is 5.56 Å². The van der Waals surface area contributed by atoms with Crippen LogP contribution in [0.2, 0.25) is 0 Å². The van der Waals surface area contributed by atoms with Crippen molar-refractivity contribution in [2.24, 2.45) is 17.6 Å². The lowest BCUT2D eigenvalue weighted by molar-refractivity contribution is -0.910. The van der Waals surface area contributed by atoms with E-state index in [0.717, 1.165) is 24.0 Å². The maximum Gasteiger partial charge on any atom is 0.226 e. The van der Waals surface area contributed by atoms with Gasteiger partial charge in [0.05, 0.1) is 40.5 Å². The number of fused-ring (bicyclic) bond motifs is 2. The summed E-state index contributed by atoms with van der Waals surface area (Å²) in [7, 11) is 0. The average molecular weight is 259 g/mol. The Balaban J connectivity index is 0.00000133. The molecule has 1 aromatic carbocycles. The van der Waals surface area contributed by atoms with Gasteiger partial charge in [-0.25, -0.2) is 0 Å². The van der Waals surface area contributed by atoms with Crippen molar-refractivity contribution in [2.75, 3.05) is 26.2 Å². The third kappa shape index (κ3) is 2.68. The summed E-state index contributed by atoms with van der Waals surface area (Å²) >= 11 is 0. The molecule has 3 rings (SSSR count). The quantitative estimate of drug-likeness (QED) is 0.600. The van der Waals surface area contributed by atoms with Crippen LogP contribution in [-0.2, 0) is 11.2 Å². The Morgan fingerprint density at radius 3 is 2.63 bits per heavy atom. The van der Waals surface area contributed by atoms with Gasteiger partial charge in [0.2, 0.25) is 5.91 Å². The van der Waals surface area contributed by atoms with E-state index in [2.05, 4.69) is 30.3 Å². The Labute approximate surface area is 116 Å². The SMILES string of the molecule is B.NC(=O)C1C[N@@+]2(CCc3ccccc3)CCC1C2. The maximum atomic E-state index is 11.4. The van der Waals surface area contributed by atoms with E-state index >= 15 is 0 Å². The van der Waals surface area contributed by atoms with Crippen molar-refractivity contribution in [3.8, 4) is 0 Å².